The standard InChI is InChI=1S/2C6H15N.C5H6O4S.C4H7NO5S.2CH4.H2O4S/c2*1-4-7(5-2)6-3;1-4-2-5(6)3-10(7,8)9-4;1-3(6)2-4(7)5-11(8,9)10;;;1-4-5(2)3/h2*4-6H2,1-3H3;2H,3H2,1H3;2H2,1H3,(H,5,7)(H,8,9,10);2*1H4;1H,(H,2,3)/p-1. The van der Waals surface area contributed by atoms with Crippen LogP contribution in [0, 0.1) is 0 Å². The Bertz CT molecular complexity index is 956. The van der Waals surface area contributed by atoms with Crippen molar-refractivity contribution in [2.45, 2.75) is 76.7 Å². The maximum absolute atomic E-state index is 10.6. The third-order valence-electron chi connectivity index (χ3n) is 4.65. The van der Waals surface area contributed by atoms with Crippen molar-refractivity contribution in [3.05, 3.63) is 11.8 Å². The molecule has 19 heteroatoms. The van der Waals surface area contributed by atoms with E-state index in [1.807, 2.05) is 0 Å². The fraction of sp³-hybridized carbons (Fsp3) is 0.783. The second kappa shape index (κ2) is 30.6. The van der Waals surface area contributed by atoms with Gasteiger partial charge in [0.05, 0.1) is 57.1 Å². The Morgan fingerprint density at radius 3 is 1.50 bits per heavy atom. The SMILES string of the molecule is C.C.CC(=O)CC(=O)NS(=O)(=O)[O-].CC1=CC(=O)CS(=O)(=O)O1.CC[NH+](CC)CC.CC[NH+](CC)CC.O=S([O-])O[O-]. The molecule has 1 aliphatic heterocycles. The first-order valence-electron chi connectivity index (χ1n) is 12.2. The molecule has 0 aliphatic carbocycles. The minimum atomic E-state index is -4.77. The molecule has 0 spiro atoms. The van der Waals surface area contributed by atoms with Crippen LogP contribution in [0.2, 0.25) is 0 Å². The predicted molar refractivity (Wildman–Crippen MR) is 155 cm³/mol. The summed E-state index contributed by atoms with van der Waals surface area (Å²) in [5.74, 6) is -2.44. The Morgan fingerprint density at radius 2 is 1.33 bits per heavy atom. The quantitative estimate of drug-likeness (QED) is 0.0545. The molecule has 1 unspecified atom stereocenters. The fourth-order valence-corrected chi connectivity index (χ4v) is 3.89. The van der Waals surface area contributed by atoms with E-state index in [-0.39, 0.29) is 20.6 Å². The number of amides is 1. The van der Waals surface area contributed by atoms with Crippen LogP contribution < -0.4 is 19.8 Å². The van der Waals surface area contributed by atoms with Crippen LogP contribution in [-0.2, 0) is 54.7 Å². The van der Waals surface area contributed by atoms with Crippen LogP contribution in [0.4, 0.5) is 0 Å². The number of nitrogens with one attached hydrogen (secondary N) is 3. The summed E-state index contributed by atoms with van der Waals surface area (Å²) in [5, 5.41) is 8.52. The van der Waals surface area contributed by atoms with Gasteiger partial charge in [-0.1, -0.05) is 14.9 Å². The molecule has 0 aromatic heterocycles. The maximum Gasteiger partial charge on any atom is 0.316 e. The minimum Gasteiger partial charge on any atom is -0.750 e. The summed E-state index contributed by atoms with van der Waals surface area (Å²) in [6, 6.07) is 0. The molecule has 0 radical (unpaired) electrons. The molecule has 0 bridgehead atoms. The topological polar surface area (TPSA) is 245 Å². The van der Waals surface area contributed by atoms with Gasteiger partial charge in [0.2, 0.25) is 5.91 Å². The zero-order chi connectivity index (χ0) is 32.5. The normalized spacial score (nSPS) is 13.5. The smallest absolute Gasteiger partial charge is 0.316 e. The lowest BCUT2D eigenvalue weighted by atomic mass is 10.3. The summed E-state index contributed by atoms with van der Waals surface area (Å²) in [6.45, 7) is 23.5. The Hall–Kier alpha value is -1.84. The van der Waals surface area contributed by atoms with Crippen molar-refractivity contribution in [3.8, 4) is 0 Å². The lowest BCUT2D eigenvalue weighted by molar-refractivity contribution is -0.894. The van der Waals surface area contributed by atoms with Crippen LogP contribution in [-0.4, -0.2) is 92.6 Å². The highest BCUT2D eigenvalue weighted by Crippen LogP contribution is 2.09. The first kappa shape index (κ1) is 52.8. The van der Waals surface area contributed by atoms with E-state index < -0.39 is 61.4 Å². The Morgan fingerprint density at radius 1 is 1.00 bits per heavy atom. The number of rotatable bonds is 10. The van der Waals surface area contributed by atoms with Crippen LogP contribution in [0.15, 0.2) is 11.8 Å². The number of carbonyl (C=O) groups excluding carboxylic acids is 3. The molecule has 256 valence electrons. The number of allylic oxidation sites excluding steroid dienone is 2. The van der Waals surface area contributed by atoms with Gasteiger partial charge >= 0.3 is 10.1 Å². The molecule has 0 saturated carbocycles. The molecule has 3 N–H and O–H groups in total. The number of carbonyl (C=O) groups is 3. The van der Waals surface area contributed by atoms with E-state index in [1.54, 1.807) is 9.80 Å². The average Bonchev–Trinajstić information content (AvgIpc) is 2.79. The van der Waals surface area contributed by atoms with Crippen molar-refractivity contribution in [1.82, 2.24) is 4.72 Å². The number of Topliss-reactive ketones (excluding diaryl/α,β-unsaturated/α-hetero) is 1. The summed E-state index contributed by atoms with van der Waals surface area (Å²) < 4.78 is 76.2. The van der Waals surface area contributed by atoms with Crippen molar-refractivity contribution in [1.29, 1.82) is 0 Å². The molecule has 42 heavy (non-hydrogen) atoms. The van der Waals surface area contributed by atoms with Crippen molar-refractivity contribution in [2.75, 3.05) is 45.0 Å². The average molecular weight is 675 g/mol. The molecule has 1 rings (SSSR count). The molecule has 1 atom stereocenters. The highest BCUT2D eigenvalue weighted by Gasteiger charge is 2.22. The summed E-state index contributed by atoms with van der Waals surface area (Å²) in [5.41, 5.74) is 0. The van der Waals surface area contributed by atoms with Crippen LogP contribution in [0.3, 0.4) is 0 Å². The molecule has 0 saturated heterocycles. The van der Waals surface area contributed by atoms with Crippen molar-refractivity contribution >= 4 is 49.3 Å². The molecule has 1 heterocycles. The third kappa shape index (κ3) is 42.6. The van der Waals surface area contributed by atoms with Gasteiger partial charge < -0.3 is 32.7 Å². The fourth-order valence-electron chi connectivity index (χ4n) is 2.60. The van der Waals surface area contributed by atoms with Crippen molar-refractivity contribution in [3.63, 3.8) is 0 Å². The number of ketones is 2. The molecular weight excluding hydrogens is 622 g/mol. The number of hydrogen-bond donors (Lipinski definition) is 3. The monoisotopic (exact) mass is 674 g/mol. The van der Waals surface area contributed by atoms with Gasteiger partial charge in [-0.2, -0.15) is 8.42 Å². The van der Waals surface area contributed by atoms with E-state index in [0.29, 0.717) is 0 Å². The van der Waals surface area contributed by atoms with Crippen LogP contribution >= 0.6 is 0 Å². The van der Waals surface area contributed by atoms with E-state index in [9.17, 15) is 35.8 Å². The summed E-state index contributed by atoms with van der Waals surface area (Å²) in [6.07, 6.45) is 0.572. The second-order valence-corrected chi connectivity index (χ2v) is 11.0. The molecule has 0 fully saturated rings. The van der Waals surface area contributed by atoms with E-state index in [1.165, 1.54) is 52.3 Å². The van der Waals surface area contributed by atoms with E-state index >= 15 is 0 Å². The summed E-state index contributed by atoms with van der Waals surface area (Å²) in [7, 11) is -8.37. The maximum atomic E-state index is 10.6. The first-order chi connectivity index (χ1) is 18.3. The lowest BCUT2D eigenvalue weighted by Gasteiger charge is -2.10. The molecule has 1 amide bonds. The molecule has 0 aromatic rings. The number of quaternary nitrogens is 2. The zero-order valence-electron chi connectivity index (χ0n) is 24.3. The van der Waals surface area contributed by atoms with Crippen LogP contribution in [0.25, 0.3) is 0 Å². The molecular formula is C23H52N3O13S3-. The first-order valence-corrected chi connectivity index (χ1v) is 16.2. The lowest BCUT2D eigenvalue weighted by Crippen LogP contribution is -3.11. The van der Waals surface area contributed by atoms with Crippen molar-refractivity contribution in [2.24, 2.45) is 0 Å². The summed E-state index contributed by atoms with van der Waals surface area (Å²) >= 11 is -2.88. The molecule has 16 nitrogen and oxygen atoms in total. The van der Waals surface area contributed by atoms with Gasteiger partial charge in [-0.25, -0.2) is 12.6 Å². The Labute approximate surface area is 255 Å². The van der Waals surface area contributed by atoms with Gasteiger partial charge in [0.15, 0.2) is 16.1 Å². The van der Waals surface area contributed by atoms with Gasteiger partial charge in [-0.15, -0.1) is 0 Å². The van der Waals surface area contributed by atoms with Gasteiger partial charge in [0.25, 0.3) is 0 Å². The van der Waals surface area contributed by atoms with Gasteiger partial charge in [0, 0.05) is 6.08 Å². The number of hydrogen-bond acceptors (Lipinski definition) is 13. The van der Waals surface area contributed by atoms with E-state index in [4.69, 9.17) is 14.0 Å². The van der Waals surface area contributed by atoms with Crippen molar-refractivity contribution < 1.29 is 68.1 Å². The predicted octanol–water partition coefficient (Wildman–Crippen LogP) is -2.43. The Balaban J connectivity index is -0.0000000977. The highest BCUT2D eigenvalue weighted by atomic mass is 32.2. The minimum absolute atomic E-state index is 0. The second-order valence-electron chi connectivity index (χ2n) is 7.76. The van der Waals surface area contributed by atoms with E-state index in [0.717, 1.165) is 11.6 Å². The van der Waals surface area contributed by atoms with E-state index in [2.05, 4.69) is 50.1 Å². The molecule has 0 aromatic carbocycles. The Kier molecular flexibility index (Phi) is 38.5. The van der Waals surface area contributed by atoms with Gasteiger partial charge in [-0.05, 0) is 55.4 Å². The third-order valence-corrected chi connectivity index (χ3v) is 6.39. The molecule has 1 aliphatic rings. The van der Waals surface area contributed by atoms with Gasteiger partial charge in [0.1, 0.15) is 17.3 Å². The van der Waals surface area contributed by atoms with Crippen LogP contribution in [0.1, 0.15) is 76.7 Å². The largest absolute Gasteiger partial charge is 0.750 e. The van der Waals surface area contributed by atoms with Crippen LogP contribution in [0.5, 0.6) is 0 Å². The van der Waals surface area contributed by atoms with Gasteiger partial charge in [-0.3, -0.25) is 19.1 Å². The zero-order valence-corrected chi connectivity index (χ0v) is 26.7. The highest BCUT2D eigenvalue weighted by molar-refractivity contribution is 7.87. The summed E-state index contributed by atoms with van der Waals surface area (Å²) in [4.78, 5) is 34.5.